The first kappa shape index (κ1) is 24.4. The minimum absolute atomic E-state index is 0.228. The molecule has 0 unspecified atom stereocenters. The fourth-order valence-electron chi connectivity index (χ4n) is 3.08. The van der Waals surface area contributed by atoms with Crippen molar-refractivity contribution in [3.8, 4) is 0 Å². The molecule has 0 saturated heterocycles. The molecule has 0 aliphatic carbocycles. The lowest BCUT2D eigenvalue weighted by Gasteiger charge is -2.22. The summed E-state index contributed by atoms with van der Waals surface area (Å²) in [4.78, 5) is 37.1. The van der Waals surface area contributed by atoms with E-state index in [1.807, 2.05) is 0 Å². The molecule has 1 aromatic heterocycles. The topological polar surface area (TPSA) is 112 Å². The molecule has 1 heterocycles. The highest BCUT2D eigenvalue weighted by Crippen LogP contribution is 2.16. The molecule has 0 spiro atoms. The van der Waals surface area contributed by atoms with Gasteiger partial charge in [-0.2, -0.15) is 0 Å². The summed E-state index contributed by atoms with van der Waals surface area (Å²) in [7, 11) is 0. The van der Waals surface area contributed by atoms with Crippen LogP contribution in [0, 0.1) is 17.6 Å². The van der Waals surface area contributed by atoms with Crippen LogP contribution in [0.2, 0.25) is 0 Å². The summed E-state index contributed by atoms with van der Waals surface area (Å²) in [5, 5.41) is 10.3. The number of carbonyl (C=O) groups excluding carboxylic acids is 3. The van der Waals surface area contributed by atoms with Crippen LogP contribution in [0.1, 0.15) is 30.0 Å². The normalized spacial score (nSPS) is 11.6. The smallest absolute Gasteiger partial charge is 0.319 e. The van der Waals surface area contributed by atoms with Gasteiger partial charge < -0.3 is 25.7 Å². The maximum Gasteiger partial charge on any atom is 0.319 e. The van der Waals surface area contributed by atoms with E-state index in [2.05, 4.69) is 21.3 Å². The average molecular weight is 470 g/mol. The Balaban J connectivity index is 1.58. The SMILES string of the molecule is CC(C)[C@H](NC(=O)c1c(F)cccc1F)C(=O)Nc1ccc(NC(=O)NCc2ccco2)cc1. The zero-order valence-electron chi connectivity index (χ0n) is 18.5. The predicted molar refractivity (Wildman–Crippen MR) is 122 cm³/mol. The average Bonchev–Trinajstić information content (AvgIpc) is 3.31. The molecule has 4 amide bonds. The van der Waals surface area contributed by atoms with Crippen molar-refractivity contribution in [2.24, 2.45) is 5.92 Å². The number of hydrogen-bond acceptors (Lipinski definition) is 4. The van der Waals surface area contributed by atoms with Crippen molar-refractivity contribution in [3.05, 3.63) is 83.8 Å². The number of hydrogen-bond donors (Lipinski definition) is 4. The molecule has 3 rings (SSSR count). The minimum atomic E-state index is -1.04. The molecule has 0 radical (unpaired) electrons. The lowest BCUT2D eigenvalue weighted by molar-refractivity contribution is -0.118. The van der Waals surface area contributed by atoms with E-state index in [1.54, 1.807) is 50.2 Å². The van der Waals surface area contributed by atoms with Gasteiger partial charge in [0.2, 0.25) is 5.91 Å². The van der Waals surface area contributed by atoms with Crippen molar-refractivity contribution in [2.75, 3.05) is 10.6 Å². The largest absolute Gasteiger partial charge is 0.467 e. The van der Waals surface area contributed by atoms with E-state index in [0.29, 0.717) is 17.1 Å². The first-order valence-corrected chi connectivity index (χ1v) is 10.5. The molecule has 178 valence electrons. The highest BCUT2D eigenvalue weighted by atomic mass is 19.1. The van der Waals surface area contributed by atoms with Crippen LogP contribution in [0.3, 0.4) is 0 Å². The van der Waals surface area contributed by atoms with Gasteiger partial charge in [0.25, 0.3) is 5.91 Å². The number of benzene rings is 2. The number of carbonyl (C=O) groups is 3. The molecule has 8 nitrogen and oxygen atoms in total. The van der Waals surface area contributed by atoms with Gasteiger partial charge in [0.1, 0.15) is 29.0 Å². The maximum atomic E-state index is 13.9. The highest BCUT2D eigenvalue weighted by molar-refractivity contribution is 6.01. The van der Waals surface area contributed by atoms with Crippen molar-refractivity contribution in [1.29, 1.82) is 0 Å². The van der Waals surface area contributed by atoms with Gasteiger partial charge in [-0.3, -0.25) is 9.59 Å². The Labute approximate surface area is 194 Å². The fourth-order valence-corrected chi connectivity index (χ4v) is 3.08. The second-order valence-corrected chi connectivity index (χ2v) is 7.75. The molecule has 0 fully saturated rings. The first-order valence-electron chi connectivity index (χ1n) is 10.5. The van der Waals surface area contributed by atoms with Gasteiger partial charge in [-0.05, 0) is 54.4 Å². The van der Waals surface area contributed by atoms with Crippen LogP contribution < -0.4 is 21.3 Å². The zero-order valence-corrected chi connectivity index (χ0v) is 18.5. The van der Waals surface area contributed by atoms with Crippen LogP contribution in [-0.4, -0.2) is 23.9 Å². The quantitative estimate of drug-likeness (QED) is 0.394. The molecule has 3 aromatic rings. The Bertz CT molecular complexity index is 1130. The second kappa shape index (κ2) is 11.1. The molecule has 2 aromatic carbocycles. The maximum absolute atomic E-state index is 13.9. The molecular formula is C24H24F2N4O4. The number of anilines is 2. The third kappa shape index (κ3) is 6.41. The highest BCUT2D eigenvalue weighted by Gasteiger charge is 2.27. The molecule has 34 heavy (non-hydrogen) atoms. The van der Waals surface area contributed by atoms with Crippen LogP contribution >= 0.6 is 0 Å². The van der Waals surface area contributed by atoms with Crippen molar-refractivity contribution < 1.29 is 27.6 Å². The monoisotopic (exact) mass is 470 g/mol. The van der Waals surface area contributed by atoms with Crippen LogP contribution in [-0.2, 0) is 11.3 Å². The standard InChI is InChI=1S/C24H24F2N4O4/c1-14(2)21(30-22(31)20-18(25)6-3-7-19(20)26)23(32)28-15-8-10-16(11-9-15)29-24(33)27-13-17-5-4-12-34-17/h3-12,14,21H,13H2,1-2H3,(H,28,32)(H,30,31)(H2,27,29,33)/t21-/m0/s1. The summed E-state index contributed by atoms with van der Waals surface area (Å²) >= 11 is 0. The summed E-state index contributed by atoms with van der Waals surface area (Å²) < 4.78 is 33.0. The number of nitrogens with one attached hydrogen (secondary N) is 4. The van der Waals surface area contributed by atoms with E-state index < -0.39 is 41.1 Å². The van der Waals surface area contributed by atoms with Crippen molar-refractivity contribution in [2.45, 2.75) is 26.4 Å². The Kier molecular flexibility index (Phi) is 7.96. The molecule has 0 saturated carbocycles. The number of urea groups is 1. The molecule has 0 bridgehead atoms. The van der Waals surface area contributed by atoms with Crippen LogP contribution in [0.15, 0.2) is 65.3 Å². The third-order valence-electron chi connectivity index (χ3n) is 4.84. The Hall–Kier alpha value is -4.21. The zero-order chi connectivity index (χ0) is 24.7. The number of rotatable bonds is 8. The number of halogens is 2. The predicted octanol–water partition coefficient (Wildman–Crippen LogP) is 4.27. The Morgan fingerprint density at radius 2 is 1.50 bits per heavy atom. The first-order chi connectivity index (χ1) is 16.2. The van der Waals surface area contributed by atoms with Gasteiger partial charge >= 0.3 is 6.03 Å². The van der Waals surface area contributed by atoms with Crippen molar-refractivity contribution in [3.63, 3.8) is 0 Å². The van der Waals surface area contributed by atoms with E-state index in [0.717, 1.165) is 18.2 Å². The minimum Gasteiger partial charge on any atom is -0.467 e. The van der Waals surface area contributed by atoms with Gasteiger partial charge in [0, 0.05) is 11.4 Å². The van der Waals surface area contributed by atoms with E-state index in [9.17, 15) is 23.2 Å². The molecule has 0 aliphatic rings. The van der Waals surface area contributed by atoms with Crippen molar-refractivity contribution in [1.82, 2.24) is 10.6 Å². The lowest BCUT2D eigenvalue weighted by Crippen LogP contribution is -2.47. The van der Waals surface area contributed by atoms with Crippen LogP contribution in [0.4, 0.5) is 25.0 Å². The van der Waals surface area contributed by atoms with Gasteiger partial charge in [-0.1, -0.05) is 19.9 Å². The summed E-state index contributed by atoms with van der Waals surface area (Å²) in [6, 6.07) is 11.4. The number of furan rings is 1. The molecule has 4 N–H and O–H groups in total. The summed E-state index contributed by atoms with van der Waals surface area (Å²) in [6.45, 7) is 3.61. The summed E-state index contributed by atoms with van der Waals surface area (Å²) in [5.41, 5.74) is 0.143. The van der Waals surface area contributed by atoms with E-state index in [1.165, 1.54) is 6.26 Å². The molecular weight excluding hydrogens is 446 g/mol. The van der Waals surface area contributed by atoms with Crippen molar-refractivity contribution >= 4 is 29.2 Å². The Morgan fingerprint density at radius 3 is 2.06 bits per heavy atom. The van der Waals surface area contributed by atoms with Crippen LogP contribution in [0.5, 0.6) is 0 Å². The molecule has 1 atom stereocenters. The summed E-state index contributed by atoms with van der Waals surface area (Å²) in [6.07, 6.45) is 1.51. The fraction of sp³-hybridized carbons (Fsp3) is 0.208. The molecule has 10 heteroatoms. The molecule has 0 aliphatic heterocycles. The lowest BCUT2D eigenvalue weighted by atomic mass is 10.0. The van der Waals surface area contributed by atoms with Crippen LogP contribution in [0.25, 0.3) is 0 Å². The van der Waals surface area contributed by atoms with Gasteiger partial charge in [0.05, 0.1) is 12.8 Å². The summed E-state index contributed by atoms with van der Waals surface area (Å²) in [5.74, 6) is -3.37. The third-order valence-corrected chi connectivity index (χ3v) is 4.84. The van der Waals surface area contributed by atoms with E-state index in [4.69, 9.17) is 4.42 Å². The van der Waals surface area contributed by atoms with E-state index >= 15 is 0 Å². The Morgan fingerprint density at radius 1 is 0.882 bits per heavy atom. The van der Waals surface area contributed by atoms with E-state index in [-0.39, 0.29) is 12.5 Å². The number of amides is 4. The second-order valence-electron chi connectivity index (χ2n) is 7.75. The van der Waals surface area contributed by atoms with Gasteiger partial charge in [-0.25, -0.2) is 13.6 Å². The van der Waals surface area contributed by atoms with Gasteiger partial charge in [-0.15, -0.1) is 0 Å². The van der Waals surface area contributed by atoms with Gasteiger partial charge in [0.15, 0.2) is 0 Å².